The molecule has 2 N–H and O–H groups in total. The second-order valence-electron chi connectivity index (χ2n) is 5.97. The van der Waals surface area contributed by atoms with E-state index in [0.29, 0.717) is 37.0 Å². The van der Waals surface area contributed by atoms with Crippen molar-refractivity contribution in [1.82, 2.24) is 10.6 Å². The Balaban J connectivity index is 0.00000784. The molecule has 0 aromatic heterocycles. The molecule has 0 fully saturated rings. The number of benzene rings is 1. The van der Waals surface area contributed by atoms with Crippen LogP contribution in [0.3, 0.4) is 0 Å². The Labute approximate surface area is 191 Å². The van der Waals surface area contributed by atoms with Crippen LogP contribution in [-0.4, -0.2) is 67.3 Å². The van der Waals surface area contributed by atoms with Crippen molar-refractivity contribution >= 4 is 29.9 Å². The van der Waals surface area contributed by atoms with Gasteiger partial charge in [0.1, 0.15) is 0 Å². The van der Waals surface area contributed by atoms with E-state index < -0.39 is 0 Å². The van der Waals surface area contributed by atoms with Gasteiger partial charge in [0.25, 0.3) is 0 Å². The number of halogens is 1. The van der Waals surface area contributed by atoms with Crippen LogP contribution in [0.5, 0.6) is 17.2 Å². The summed E-state index contributed by atoms with van der Waals surface area (Å²) in [7, 11) is 6.48. The molecule has 8 nitrogen and oxygen atoms in total. The predicted octanol–water partition coefficient (Wildman–Crippen LogP) is 2.83. The maximum Gasteiger partial charge on any atom is 0.203 e. The van der Waals surface area contributed by atoms with Crippen molar-refractivity contribution in [3.05, 3.63) is 17.7 Å². The van der Waals surface area contributed by atoms with Crippen molar-refractivity contribution < 1.29 is 23.7 Å². The fraction of sp³-hybridized carbons (Fsp3) is 0.650. The smallest absolute Gasteiger partial charge is 0.203 e. The topological polar surface area (TPSA) is 82.6 Å². The molecule has 29 heavy (non-hydrogen) atoms. The summed E-state index contributed by atoms with van der Waals surface area (Å²) in [6.07, 6.45) is 1.99. The first-order valence-corrected chi connectivity index (χ1v) is 9.57. The number of unbranched alkanes of at least 4 members (excludes halogenated alkanes) is 1. The van der Waals surface area contributed by atoms with Gasteiger partial charge >= 0.3 is 0 Å². The van der Waals surface area contributed by atoms with Crippen LogP contribution in [0.2, 0.25) is 0 Å². The Kier molecular flexibility index (Phi) is 16.5. The van der Waals surface area contributed by atoms with E-state index in [1.54, 1.807) is 28.4 Å². The van der Waals surface area contributed by atoms with E-state index in [9.17, 15) is 0 Å². The summed E-state index contributed by atoms with van der Waals surface area (Å²) in [6.45, 7) is 6.17. The first-order chi connectivity index (χ1) is 13.7. The first kappa shape index (κ1) is 27.5. The Morgan fingerprint density at radius 2 is 1.59 bits per heavy atom. The molecular weight excluding hydrogens is 489 g/mol. The fourth-order valence-corrected chi connectivity index (χ4v) is 2.52. The van der Waals surface area contributed by atoms with Gasteiger partial charge in [-0.2, -0.15) is 0 Å². The number of methoxy groups -OCH3 is 4. The fourth-order valence-electron chi connectivity index (χ4n) is 2.52. The summed E-state index contributed by atoms with van der Waals surface area (Å²) in [4.78, 5) is 4.64. The molecule has 1 aromatic rings. The second-order valence-corrected chi connectivity index (χ2v) is 5.97. The molecule has 0 saturated carbocycles. The number of ether oxygens (including phenoxy) is 5. The zero-order valence-electron chi connectivity index (χ0n) is 18.2. The van der Waals surface area contributed by atoms with Crippen LogP contribution >= 0.6 is 24.0 Å². The third-order valence-electron chi connectivity index (χ3n) is 3.93. The predicted molar refractivity (Wildman–Crippen MR) is 126 cm³/mol. The number of aliphatic imine (C=N–C) groups is 1. The quantitative estimate of drug-likeness (QED) is 0.167. The van der Waals surface area contributed by atoms with Gasteiger partial charge in [0, 0.05) is 26.8 Å². The Morgan fingerprint density at radius 3 is 2.14 bits per heavy atom. The summed E-state index contributed by atoms with van der Waals surface area (Å²) in [5, 5.41) is 6.60. The Bertz CT molecular complexity index is 562. The van der Waals surface area contributed by atoms with Gasteiger partial charge in [-0.25, -0.2) is 4.99 Å². The van der Waals surface area contributed by atoms with Crippen LogP contribution in [-0.2, 0) is 16.0 Å². The molecule has 1 aromatic carbocycles. The largest absolute Gasteiger partial charge is 0.493 e. The van der Waals surface area contributed by atoms with Crippen molar-refractivity contribution in [2.24, 2.45) is 4.99 Å². The molecule has 1 rings (SSSR count). The minimum Gasteiger partial charge on any atom is -0.493 e. The van der Waals surface area contributed by atoms with Crippen LogP contribution in [0.25, 0.3) is 0 Å². The molecule has 0 radical (unpaired) electrons. The number of hydrogen-bond donors (Lipinski definition) is 2. The van der Waals surface area contributed by atoms with E-state index in [1.165, 1.54) is 0 Å². The van der Waals surface area contributed by atoms with Gasteiger partial charge in [-0.3, -0.25) is 0 Å². The van der Waals surface area contributed by atoms with E-state index >= 15 is 0 Å². The average Bonchev–Trinajstić information content (AvgIpc) is 2.72. The molecule has 0 aliphatic carbocycles. The molecule has 9 heteroatoms. The molecule has 0 saturated heterocycles. The Morgan fingerprint density at radius 1 is 0.897 bits per heavy atom. The van der Waals surface area contributed by atoms with Crippen LogP contribution in [0.1, 0.15) is 25.3 Å². The van der Waals surface area contributed by atoms with E-state index in [4.69, 9.17) is 23.7 Å². The molecular formula is C20H36IN3O5. The zero-order chi connectivity index (χ0) is 20.6. The molecule has 0 aliphatic heterocycles. The summed E-state index contributed by atoms with van der Waals surface area (Å²) in [5.41, 5.74) is 0.971. The maximum atomic E-state index is 5.46. The van der Waals surface area contributed by atoms with Gasteiger partial charge < -0.3 is 34.3 Å². The molecule has 0 spiro atoms. The SMILES string of the molecule is CCNC(=NCc1cc(OC)c(OC)c(OC)c1)NCCCCOCCOC.I. The van der Waals surface area contributed by atoms with E-state index in [1.807, 2.05) is 19.1 Å². The molecule has 0 unspecified atom stereocenters. The lowest BCUT2D eigenvalue weighted by molar-refractivity contribution is 0.0689. The number of nitrogens with one attached hydrogen (secondary N) is 2. The van der Waals surface area contributed by atoms with Gasteiger partial charge in [0.05, 0.1) is 41.1 Å². The van der Waals surface area contributed by atoms with Crippen molar-refractivity contribution in [3.8, 4) is 17.2 Å². The highest BCUT2D eigenvalue weighted by molar-refractivity contribution is 14.0. The lowest BCUT2D eigenvalue weighted by Gasteiger charge is -2.14. The van der Waals surface area contributed by atoms with Crippen LogP contribution in [0.4, 0.5) is 0 Å². The minimum absolute atomic E-state index is 0. The van der Waals surface area contributed by atoms with Crippen LogP contribution in [0.15, 0.2) is 17.1 Å². The van der Waals surface area contributed by atoms with Crippen LogP contribution in [0, 0.1) is 0 Å². The standard InChI is InChI=1S/C20H35N3O5.HI/c1-6-21-20(22-9-7-8-10-28-12-11-24-2)23-15-16-13-17(25-3)19(27-5)18(14-16)26-4;/h13-14H,6-12,15H2,1-5H3,(H2,21,22,23);1H. The number of guanidine groups is 1. The second kappa shape index (κ2) is 17.4. The lowest BCUT2D eigenvalue weighted by Crippen LogP contribution is -2.37. The minimum atomic E-state index is 0. The number of rotatable bonds is 14. The highest BCUT2D eigenvalue weighted by atomic mass is 127. The van der Waals surface area contributed by atoms with Gasteiger partial charge in [-0.15, -0.1) is 24.0 Å². The first-order valence-electron chi connectivity index (χ1n) is 9.57. The molecule has 0 atom stereocenters. The summed E-state index contributed by atoms with van der Waals surface area (Å²) in [5.74, 6) is 2.60. The molecule has 0 aliphatic rings. The summed E-state index contributed by atoms with van der Waals surface area (Å²) < 4.78 is 26.6. The third-order valence-corrected chi connectivity index (χ3v) is 3.93. The van der Waals surface area contributed by atoms with Crippen molar-refractivity contribution in [2.45, 2.75) is 26.3 Å². The molecule has 168 valence electrons. The molecule has 0 amide bonds. The highest BCUT2D eigenvalue weighted by Crippen LogP contribution is 2.38. The van der Waals surface area contributed by atoms with Crippen molar-refractivity contribution in [1.29, 1.82) is 0 Å². The number of nitrogens with zero attached hydrogens (tertiary/aromatic N) is 1. The van der Waals surface area contributed by atoms with Gasteiger partial charge in [-0.1, -0.05) is 0 Å². The van der Waals surface area contributed by atoms with Crippen molar-refractivity contribution in [3.63, 3.8) is 0 Å². The Hall–Kier alpha value is -1.46. The van der Waals surface area contributed by atoms with Gasteiger partial charge in [-0.05, 0) is 37.5 Å². The molecule has 0 bridgehead atoms. The van der Waals surface area contributed by atoms with Gasteiger partial charge in [0.15, 0.2) is 17.5 Å². The summed E-state index contributed by atoms with van der Waals surface area (Å²) >= 11 is 0. The number of hydrogen-bond acceptors (Lipinski definition) is 6. The van der Waals surface area contributed by atoms with E-state index in [2.05, 4.69) is 15.6 Å². The monoisotopic (exact) mass is 525 g/mol. The molecule has 0 heterocycles. The van der Waals surface area contributed by atoms with Gasteiger partial charge in [0.2, 0.25) is 5.75 Å². The highest BCUT2D eigenvalue weighted by Gasteiger charge is 2.13. The van der Waals surface area contributed by atoms with Crippen LogP contribution < -0.4 is 24.8 Å². The van der Waals surface area contributed by atoms with Crippen molar-refractivity contribution in [2.75, 3.05) is 61.3 Å². The summed E-state index contributed by atoms with van der Waals surface area (Å²) in [6, 6.07) is 3.82. The normalized spacial score (nSPS) is 10.9. The zero-order valence-corrected chi connectivity index (χ0v) is 20.5. The van der Waals surface area contributed by atoms with E-state index in [0.717, 1.165) is 44.1 Å². The van der Waals surface area contributed by atoms with E-state index in [-0.39, 0.29) is 24.0 Å². The lowest BCUT2D eigenvalue weighted by atomic mass is 10.2. The maximum absolute atomic E-state index is 5.46. The average molecular weight is 525 g/mol. The third kappa shape index (κ3) is 10.8.